The van der Waals surface area contributed by atoms with Gasteiger partial charge >= 0.3 is 0 Å². The first-order chi connectivity index (χ1) is 16.0. The Morgan fingerprint density at radius 2 is 1.64 bits per heavy atom. The number of amides is 2. The Labute approximate surface area is 194 Å². The number of benzene rings is 2. The highest BCUT2D eigenvalue weighted by molar-refractivity contribution is 6.01. The van der Waals surface area contributed by atoms with E-state index >= 15 is 0 Å². The number of carbonyl (C=O) groups is 2. The molecule has 2 aliphatic rings. The first-order valence-corrected chi connectivity index (χ1v) is 11.8. The standard InChI is InChI=1S/C27H30N4O2/c1-19-25(27(33)30-16-9-12-22-18-29(20(2)32)17-15-24(22)30)26(21-10-5-3-6-11-21)28-31(19)23-13-7-4-8-14-23/h3-8,10-11,13-14,22,24H,9,12,15-18H2,1-2H3/t22-,24+/m1/s1. The van der Waals surface area contributed by atoms with Crippen LogP contribution in [0.25, 0.3) is 16.9 Å². The molecule has 0 radical (unpaired) electrons. The van der Waals surface area contributed by atoms with Crippen molar-refractivity contribution in [3.8, 4) is 16.9 Å². The molecule has 3 heterocycles. The topological polar surface area (TPSA) is 58.4 Å². The first-order valence-electron chi connectivity index (χ1n) is 11.8. The fourth-order valence-corrected chi connectivity index (χ4v) is 5.46. The van der Waals surface area contributed by atoms with Crippen molar-refractivity contribution in [2.45, 2.75) is 39.2 Å². The average molecular weight is 443 g/mol. The van der Waals surface area contributed by atoms with Gasteiger partial charge in [-0.3, -0.25) is 9.59 Å². The fourth-order valence-electron chi connectivity index (χ4n) is 5.46. The van der Waals surface area contributed by atoms with E-state index in [2.05, 4.69) is 4.90 Å². The van der Waals surface area contributed by atoms with Crippen molar-refractivity contribution in [1.82, 2.24) is 19.6 Å². The molecular formula is C27H30N4O2. The van der Waals surface area contributed by atoms with Crippen LogP contribution in [-0.4, -0.2) is 57.1 Å². The zero-order valence-corrected chi connectivity index (χ0v) is 19.3. The van der Waals surface area contributed by atoms with Gasteiger partial charge in [0.2, 0.25) is 5.91 Å². The van der Waals surface area contributed by atoms with Gasteiger partial charge in [0.25, 0.3) is 5.91 Å². The van der Waals surface area contributed by atoms with Crippen LogP contribution in [0.1, 0.15) is 42.2 Å². The summed E-state index contributed by atoms with van der Waals surface area (Å²) in [5.41, 5.74) is 4.15. The number of aromatic nitrogens is 2. The van der Waals surface area contributed by atoms with Crippen LogP contribution < -0.4 is 0 Å². The molecule has 0 unspecified atom stereocenters. The Balaban J connectivity index is 1.55. The number of para-hydroxylation sites is 1. The van der Waals surface area contributed by atoms with Crippen molar-refractivity contribution in [3.05, 3.63) is 71.9 Å². The number of carbonyl (C=O) groups excluding carboxylic acids is 2. The molecule has 170 valence electrons. The van der Waals surface area contributed by atoms with E-state index in [4.69, 9.17) is 5.10 Å². The number of piperidine rings is 2. The molecule has 33 heavy (non-hydrogen) atoms. The zero-order valence-electron chi connectivity index (χ0n) is 19.3. The molecule has 2 amide bonds. The Kier molecular flexibility index (Phi) is 5.75. The molecule has 3 aromatic rings. The molecule has 2 saturated heterocycles. The maximum absolute atomic E-state index is 14.1. The van der Waals surface area contributed by atoms with Crippen LogP contribution in [0.3, 0.4) is 0 Å². The van der Waals surface area contributed by atoms with Crippen LogP contribution in [0.4, 0.5) is 0 Å². The molecule has 0 spiro atoms. The van der Waals surface area contributed by atoms with Gasteiger partial charge in [-0.05, 0) is 44.2 Å². The summed E-state index contributed by atoms with van der Waals surface area (Å²) in [6, 6.07) is 20.1. The lowest BCUT2D eigenvalue weighted by Crippen LogP contribution is -2.56. The molecule has 0 N–H and O–H groups in total. The number of fused-ring (bicyclic) bond motifs is 1. The van der Waals surface area contributed by atoms with E-state index in [-0.39, 0.29) is 17.9 Å². The fraction of sp³-hybridized carbons (Fsp3) is 0.370. The minimum Gasteiger partial charge on any atom is -0.343 e. The Bertz CT molecular complexity index is 1160. The van der Waals surface area contributed by atoms with E-state index in [1.807, 2.05) is 77.2 Å². The van der Waals surface area contributed by atoms with Crippen LogP contribution >= 0.6 is 0 Å². The summed E-state index contributed by atoms with van der Waals surface area (Å²) < 4.78 is 1.88. The number of hydrogen-bond donors (Lipinski definition) is 0. The summed E-state index contributed by atoms with van der Waals surface area (Å²) in [6.07, 6.45) is 2.86. The van der Waals surface area contributed by atoms with Gasteiger partial charge in [-0.2, -0.15) is 5.10 Å². The van der Waals surface area contributed by atoms with E-state index in [0.29, 0.717) is 18.0 Å². The summed E-state index contributed by atoms with van der Waals surface area (Å²) >= 11 is 0. The highest BCUT2D eigenvalue weighted by atomic mass is 16.2. The lowest BCUT2D eigenvalue weighted by atomic mass is 9.83. The number of hydrogen-bond acceptors (Lipinski definition) is 3. The van der Waals surface area contributed by atoms with Crippen molar-refractivity contribution >= 4 is 11.8 Å². The predicted molar refractivity (Wildman–Crippen MR) is 128 cm³/mol. The molecule has 6 nitrogen and oxygen atoms in total. The maximum Gasteiger partial charge on any atom is 0.258 e. The molecule has 5 rings (SSSR count). The van der Waals surface area contributed by atoms with Crippen molar-refractivity contribution < 1.29 is 9.59 Å². The molecule has 2 aromatic carbocycles. The van der Waals surface area contributed by atoms with Gasteiger partial charge in [-0.15, -0.1) is 0 Å². The van der Waals surface area contributed by atoms with Crippen LogP contribution in [0.5, 0.6) is 0 Å². The highest BCUT2D eigenvalue weighted by Gasteiger charge is 2.40. The molecule has 2 aliphatic heterocycles. The molecular weight excluding hydrogens is 412 g/mol. The summed E-state index contributed by atoms with van der Waals surface area (Å²) in [6.45, 7) is 5.84. The number of rotatable bonds is 3. The second-order valence-electron chi connectivity index (χ2n) is 9.14. The van der Waals surface area contributed by atoms with E-state index in [1.165, 1.54) is 0 Å². The van der Waals surface area contributed by atoms with Gasteiger partial charge in [-0.1, -0.05) is 48.5 Å². The van der Waals surface area contributed by atoms with Crippen LogP contribution in [-0.2, 0) is 4.79 Å². The normalized spacial score (nSPS) is 20.4. The largest absolute Gasteiger partial charge is 0.343 e. The lowest BCUT2D eigenvalue weighted by molar-refractivity contribution is -0.132. The molecule has 6 heteroatoms. The van der Waals surface area contributed by atoms with E-state index in [1.54, 1.807) is 6.92 Å². The van der Waals surface area contributed by atoms with E-state index < -0.39 is 0 Å². The van der Waals surface area contributed by atoms with Crippen molar-refractivity contribution in [2.75, 3.05) is 19.6 Å². The summed E-state index contributed by atoms with van der Waals surface area (Å²) in [5.74, 6) is 0.521. The van der Waals surface area contributed by atoms with Gasteiger partial charge in [0, 0.05) is 38.2 Å². The third-order valence-corrected chi connectivity index (χ3v) is 7.15. The summed E-state index contributed by atoms with van der Waals surface area (Å²) in [5, 5.41) is 4.92. The average Bonchev–Trinajstić information content (AvgIpc) is 3.21. The minimum atomic E-state index is 0.0551. The third kappa shape index (κ3) is 3.94. The lowest BCUT2D eigenvalue weighted by Gasteiger charge is -2.47. The second-order valence-corrected chi connectivity index (χ2v) is 9.14. The summed E-state index contributed by atoms with van der Waals surface area (Å²) in [7, 11) is 0. The van der Waals surface area contributed by atoms with Gasteiger partial charge in [0.1, 0.15) is 5.69 Å². The van der Waals surface area contributed by atoms with E-state index in [9.17, 15) is 9.59 Å². The third-order valence-electron chi connectivity index (χ3n) is 7.15. The van der Waals surface area contributed by atoms with Crippen molar-refractivity contribution in [2.24, 2.45) is 5.92 Å². The predicted octanol–water partition coefficient (Wildman–Crippen LogP) is 4.32. The molecule has 0 bridgehead atoms. The van der Waals surface area contributed by atoms with Gasteiger partial charge in [-0.25, -0.2) is 4.68 Å². The smallest absolute Gasteiger partial charge is 0.258 e. The Morgan fingerprint density at radius 3 is 2.33 bits per heavy atom. The molecule has 0 aliphatic carbocycles. The first kappa shape index (κ1) is 21.4. The quantitative estimate of drug-likeness (QED) is 0.607. The van der Waals surface area contributed by atoms with E-state index in [0.717, 1.165) is 55.0 Å². The Morgan fingerprint density at radius 1 is 0.939 bits per heavy atom. The summed E-state index contributed by atoms with van der Waals surface area (Å²) in [4.78, 5) is 30.1. The van der Waals surface area contributed by atoms with Crippen LogP contribution in [0, 0.1) is 12.8 Å². The molecule has 0 saturated carbocycles. The SMILES string of the molecule is CC(=O)N1CC[C@H]2[C@H](CCCN2C(=O)c2c(-c3ccccc3)nn(-c3ccccc3)c2C)C1. The van der Waals surface area contributed by atoms with Crippen molar-refractivity contribution in [1.29, 1.82) is 0 Å². The zero-order chi connectivity index (χ0) is 22.9. The van der Waals surface area contributed by atoms with Crippen LogP contribution in [0.15, 0.2) is 60.7 Å². The minimum absolute atomic E-state index is 0.0551. The van der Waals surface area contributed by atoms with Gasteiger partial charge < -0.3 is 9.80 Å². The monoisotopic (exact) mass is 442 g/mol. The Hall–Kier alpha value is -3.41. The maximum atomic E-state index is 14.1. The van der Waals surface area contributed by atoms with Gasteiger partial charge in [0.05, 0.1) is 16.9 Å². The van der Waals surface area contributed by atoms with Crippen LogP contribution in [0.2, 0.25) is 0 Å². The molecule has 2 atom stereocenters. The van der Waals surface area contributed by atoms with Crippen molar-refractivity contribution in [3.63, 3.8) is 0 Å². The number of nitrogens with zero attached hydrogens (tertiary/aromatic N) is 4. The highest BCUT2D eigenvalue weighted by Crippen LogP contribution is 2.35. The number of likely N-dealkylation sites (tertiary alicyclic amines) is 2. The second kappa shape index (κ2) is 8.85. The molecule has 1 aromatic heterocycles. The molecule has 2 fully saturated rings. The van der Waals surface area contributed by atoms with Gasteiger partial charge in [0.15, 0.2) is 0 Å².